The number of anilines is 4. The fourth-order valence-electron chi connectivity index (χ4n) is 9.77. The van der Waals surface area contributed by atoms with Gasteiger partial charge in [-0.25, -0.2) is 0 Å². The van der Waals surface area contributed by atoms with Crippen molar-refractivity contribution in [3.8, 4) is 11.5 Å². The third-order valence-electron chi connectivity index (χ3n) is 14.2. The molecule has 390 valence electrons. The van der Waals surface area contributed by atoms with Gasteiger partial charge in [0.15, 0.2) is 0 Å². The van der Waals surface area contributed by atoms with Crippen LogP contribution in [0.4, 0.5) is 22.7 Å². The van der Waals surface area contributed by atoms with Crippen molar-refractivity contribution in [1.82, 2.24) is 21.3 Å². The third-order valence-corrected chi connectivity index (χ3v) is 15.5. The number of ether oxygens (including phenoxy) is 2. The highest BCUT2D eigenvalue weighted by molar-refractivity contribution is 9.11. The number of amides is 6. The second-order valence-corrected chi connectivity index (χ2v) is 20.2. The Morgan fingerprint density at radius 1 is 0.513 bits per heavy atom. The molecule has 4 unspecified atom stereocenters. The smallest absolute Gasteiger partial charge is 0.258 e. The molecule has 0 aliphatic carbocycles. The second kappa shape index (κ2) is 22.7. The van der Waals surface area contributed by atoms with Crippen molar-refractivity contribution in [2.75, 3.05) is 61.0 Å². The number of benzene rings is 7. The number of nitrogens with zero attached hydrogens (tertiary/aromatic N) is 4. The van der Waals surface area contributed by atoms with Gasteiger partial charge in [0, 0.05) is 31.2 Å². The Bertz CT molecular complexity index is 3210. The number of nitrogens with one attached hydrogen (secondary N) is 4. The van der Waals surface area contributed by atoms with Gasteiger partial charge in [-0.2, -0.15) is 0 Å². The van der Waals surface area contributed by atoms with E-state index in [1.165, 1.54) is 34.1 Å². The zero-order chi connectivity index (χ0) is 53.9. The van der Waals surface area contributed by atoms with Crippen molar-refractivity contribution in [3.63, 3.8) is 0 Å². The minimum atomic E-state index is -1.19. The van der Waals surface area contributed by atoms with Crippen molar-refractivity contribution >= 4 is 112 Å². The van der Waals surface area contributed by atoms with Gasteiger partial charge in [-0.3, -0.25) is 28.8 Å². The lowest BCUT2D eigenvalue weighted by Gasteiger charge is -2.27. The van der Waals surface area contributed by atoms with E-state index >= 15 is 19.2 Å². The van der Waals surface area contributed by atoms with Crippen LogP contribution in [0, 0.1) is 0 Å². The molecule has 7 aromatic carbocycles. The van der Waals surface area contributed by atoms with Crippen LogP contribution in [0.2, 0.25) is 0 Å². The third kappa shape index (κ3) is 10.2. The molecule has 7 aromatic rings. The first-order chi connectivity index (χ1) is 36.7. The average Bonchev–Trinajstić information content (AvgIpc) is 3.64. The molecule has 9 rings (SSSR count). The van der Waals surface area contributed by atoms with Crippen LogP contribution in [-0.2, 0) is 32.3 Å². The molecule has 0 radical (unpaired) electrons. The van der Waals surface area contributed by atoms with Crippen LogP contribution in [0.1, 0.15) is 45.7 Å². The minimum Gasteiger partial charge on any atom is -0.496 e. The maximum atomic E-state index is 15.1. The summed E-state index contributed by atoms with van der Waals surface area (Å²) in [6.45, 7) is 2.99. The lowest BCUT2D eigenvalue weighted by molar-refractivity contribution is -0.128. The fraction of sp³-hybridized carbons (Fsp3) is 0.241. The molecule has 0 saturated carbocycles. The Morgan fingerprint density at radius 3 is 1.24 bits per heavy atom. The van der Waals surface area contributed by atoms with Crippen molar-refractivity contribution in [3.05, 3.63) is 165 Å². The Kier molecular flexibility index (Phi) is 15.9. The molecule has 16 nitrogen and oxygen atoms in total. The van der Waals surface area contributed by atoms with E-state index < -0.39 is 59.6 Å². The van der Waals surface area contributed by atoms with Crippen molar-refractivity contribution in [2.45, 2.75) is 51.1 Å². The van der Waals surface area contributed by atoms with Gasteiger partial charge < -0.3 is 50.3 Å². The van der Waals surface area contributed by atoms with E-state index in [-0.39, 0.29) is 37.3 Å². The number of carbonyl (C=O) groups is 6. The van der Waals surface area contributed by atoms with Gasteiger partial charge in [-0.15, -0.1) is 0 Å². The number of carbonyl (C=O) groups excluding carboxylic acids is 6. The first-order valence-electron chi connectivity index (χ1n) is 24.7. The minimum absolute atomic E-state index is 0.0387. The molecular formula is C58H56Br2N8O8. The second-order valence-electron chi connectivity index (χ2n) is 18.5. The number of methoxy groups -OCH3 is 2. The topological polar surface area (TPSA) is 182 Å². The van der Waals surface area contributed by atoms with Gasteiger partial charge in [0.05, 0.1) is 75.2 Å². The van der Waals surface area contributed by atoms with Gasteiger partial charge in [-0.1, -0.05) is 80.4 Å². The summed E-state index contributed by atoms with van der Waals surface area (Å²) in [5.41, 5.74) is 3.54. The summed E-state index contributed by atoms with van der Waals surface area (Å²) in [5, 5.41) is 15.2. The quantitative estimate of drug-likeness (QED) is 0.0831. The number of halogens is 2. The summed E-state index contributed by atoms with van der Waals surface area (Å²) in [7, 11) is 6.42. The SMILES string of the molecule is CNC(C)C(=O)NC1CN(C(=O)c2ccc(C(=O)N3CC(NC(=O)C(C)NC)C(=O)N(Cc4c(OC)ccc5c(Br)cccc45)c4ccccc43)cc2)c2ccccc2N(Cc2c(OC)ccc3c(Br)cccc23)C1=O. The van der Waals surface area contributed by atoms with Crippen molar-refractivity contribution in [1.29, 1.82) is 0 Å². The normalized spacial score (nSPS) is 16.3. The van der Waals surface area contributed by atoms with Crippen LogP contribution in [0.5, 0.6) is 11.5 Å². The summed E-state index contributed by atoms with van der Waals surface area (Å²) in [6, 6.07) is 35.8. The molecule has 2 heterocycles. The first kappa shape index (κ1) is 53.2. The van der Waals surface area contributed by atoms with Gasteiger partial charge in [0.25, 0.3) is 23.6 Å². The highest BCUT2D eigenvalue weighted by atomic mass is 79.9. The van der Waals surface area contributed by atoms with Gasteiger partial charge in [0.1, 0.15) is 23.6 Å². The van der Waals surface area contributed by atoms with E-state index in [2.05, 4.69) is 53.1 Å². The highest BCUT2D eigenvalue weighted by Gasteiger charge is 2.40. The fourth-order valence-corrected chi connectivity index (χ4v) is 10.8. The average molecular weight is 1150 g/mol. The molecule has 6 amide bonds. The number of para-hydroxylation sites is 4. The summed E-state index contributed by atoms with van der Waals surface area (Å²) >= 11 is 7.33. The largest absolute Gasteiger partial charge is 0.496 e. The van der Waals surface area contributed by atoms with Gasteiger partial charge in [0.2, 0.25) is 11.8 Å². The molecule has 4 atom stereocenters. The number of rotatable bonds is 14. The first-order valence-corrected chi connectivity index (χ1v) is 26.2. The molecule has 2 aliphatic heterocycles. The van der Waals surface area contributed by atoms with Crippen LogP contribution in [0.3, 0.4) is 0 Å². The Labute approximate surface area is 456 Å². The highest BCUT2D eigenvalue weighted by Crippen LogP contribution is 2.41. The van der Waals surface area contributed by atoms with Crippen molar-refractivity contribution < 1.29 is 38.2 Å². The Hall–Kier alpha value is -7.64. The van der Waals surface area contributed by atoms with Crippen LogP contribution in [0.25, 0.3) is 21.5 Å². The Balaban J connectivity index is 1.08. The lowest BCUT2D eigenvalue weighted by atomic mass is 10.0. The molecule has 76 heavy (non-hydrogen) atoms. The van der Waals surface area contributed by atoms with E-state index in [1.54, 1.807) is 100 Å². The molecule has 4 N–H and O–H groups in total. The maximum Gasteiger partial charge on any atom is 0.258 e. The molecular weight excluding hydrogens is 1100 g/mol. The van der Waals surface area contributed by atoms with Crippen LogP contribution >= 0.6 is 31.9 Å². The predicted molar refractivity (Wildman–Crippen MR) is 302 cm³/mol. The lowest BCUT2D eigenvalue weighted by Crippen LogP contribution is -2.55. The number of fused-ring (bicyclic) bond motifs is 4. The van der Waals surface area contributed by atoms with Crippen LogP contribution in [0.15, 0.2) is 142 Å². The zero-order valence-electron chi connectivity index (χ0n) is 42.7. The van der Waals surface area contributed by atoms with Crippen LogP contribution < -0.4 is 50.3 Å². The van der Waals surface area contributed by atoms with E-state index in [0.29, 0.717) is 34.2 Å². The molecule has 18 heteroatoms. The number of hydrogen-bond acceptors (Lipinski definition) is 10. The molecule has 0 spiro atoms. The monoisotopic (exact) mass is 1150 g/mol. The van der Waals surface area contributed by atoms with E-state index in [0.717, 1.165) is 41.6 Å². The molecule has 0 fully saturated rings. The molecule has 0 saturated heterocycles. The van der Waals surface area contributed by atoms with Gasteiger partial charge in [-0.05, 0) is 134 Å². The van der Waals surface area contributed by atoms with E-state index in [4.69, 9.17) is 9.47 Å². The molecule has 2 aliphatic rings. The van der Waals surface area contributed by atoms with Crippen LogP contribution in [-0.4, -0.2) is 101 Å². The summed E-state index contributed by atoms with van der Waals surface area (Å²) in [5.74, 6) is -1.63. The summed E-state index contributed by atoms with van der Waals surface area (Å²) in [6.07, 6.45) is 0. The van der Waals surface area contributed by atoms with Gasteiger partial charge >= 0.3 is 0 Å². The molecule has 0 aromatic heterocycles. The summed E-state index contributed by atoms with van der Waals surface area (Å²) < 4.78 is 13.4. The van der Waals surface area contributed by atoms with E-state index in [9.17, 15) is 9.59 Å². The predicted octanol–water partition coefficient (Wildman–Crippen LogP) is 8.11. The number of hydrogen-bond donors (Lipinski definition) is 4. The number of likely N-dealkylation sites (N-methyl/N-ethyl adjacent to an activating group) is 2. The molecule has 0 bridgehead atoms. The standard InChI is InChI=1S/C58H56Br2N8O8/c1-33(61-3)53(69)63-45-31-67(49-19-9-7-17-47(49)65(57(45)73)29-41-37-13-11-15-43(59)39(37)25-27-51(41)75-5)55(71)35-21-23-36(24-22-35)56(72)68-32-46(64-54(70)34(2)62-4)58(74)66(48-18-8-10-20-50(48)68)30-42-38-14-12-16-44(60)40(38)26-28-52(42)76-6/h7-28,33-34,45-46,61-62H,29-32H2,1-6H3,(H,63,69)(H,64,70). The zero-order valence-corrected chi connectivity index (χ0v) is 45.8. The van der Waals surface area contributed by atoms with E-state index in [1.807, 2.05) is 60.7 Å². The maximum absolute atomic E-state index is 15.1. The summed E-state index contributed by atoms with van der Waals surface area (Å²) in [4.78, 5) is 93.4. The van der Waals surface area contributed by atoms with Crippen molar-refractivity contribution in [2.24, 2.45) is 0 Å². The Morgan fingerprint density at radius 2 is 0.882 bits per heavy atom.